The minimum Gasteiger partial charge on any atom is -0.159 e. The highest BCUT2D eigenvalue weighted by atomic mass is 35.5. The molecule has 1 aromatic rings. The first-order valence-electron chi connectivity index (χ1n) is 4.27. The topological polar surface area (TPSA) is 25.8 Å². The molecule has 0 radical (unpaired) electrons. The zero-order chi connectivity index (χ0) is 8.44. The summed E-state index contributed by atoms with van der Waals surface area (Å²) in [6, 6.07) is 1.96. The third-order valence-corrected chi connectivity index (χ3v) is 3.09. The number of halogens is 1. The van der Waals surface area contributed by atoms with E-state index in [9.17, 15) is 0 Å². The predicted molar refractivity (Wildman–Crippen MR) is 48.0 cm³/mol. The van der Waals surface area contributed by atoms with Gasteiger partial charge < -0.3 is 0 Å². The van der Waals surface area contributed by atoms with E-state index in [1.54, 1.807) is 12.4 Å². The van der Waals surface area contributed by atoms with Crippen molar-refractivity contribution in [1.82, 2.24) is 10.2 Å². The highest BCUT2D eigenvalue weighted by molar-refractivity contribution is 6.24. The van der Waals surface area contributed by atoms with Crippen molar-refractivity contribution in [3.05, 3.63) is 24.0 Å². The minimum atomic E-state index is -0.143. The van der Waals surface area contributed by atoms with Crippen molar-refractivity contribution in [2.45, 2.75) is 30.6 Å². The van der Waals surface area contributed by atoms with E-state index in [0.29, 0.717) is 0 Å². The monoisotopic (exact) mass is 182 g/mol. The highest BCUT2D eigenvalue weighted by Crippen LogP contribution is 2.43. The van der Waals surface area contributed by atoms with Gasteiger partial charge in [-0.15, -0.1) is 11.6 Å². The molecule has 0 bridgehead atoms. The van der Waals surface area contributed by atoms with Crippen LogP contribution in [-0.2, 0) is 4.87 Å². The fourth-order valence-corrected chi connectivity index (χ4v) is 2.16. The molecule has 2 rings (SSSR count). The second kappa shape index (κ2) is 3.02. The van der Waals surface area contributed by atoms with Crippen LogP contribution in [0.5, 0.6) is 0 Å². The molecule has 0 unspecified atom stereocenters. The fraction of sp³-hybridized carbons (Fsp3) is 0.556. The van der Waals surface area contributed by atoms with Crippen LogP contribution in [0.1, 0.15) is 31.2 Å². The third-order valence-electron chi connectivity index (χ3n) is 2.50. The van der Waals surface area contributed by atoms with Gasteiger partial charge in [-0.25, -0.2) is 0 Å². The third kappa shape index (κ3) is 1.31. The van der Waals surface area contributed by atoms with Crippen LogP contribution in [0.4, 0.5) is 0 Å². The van der Waals surface area contributed by atoms with Crippen LogP contribution in [-0.4, -0.2) is 10.2 Å². The van der Waals surface area contributed by atoms with Crippen molar-refractivity contribution >= 4 is 11.6 Å². The van der Waals surface area contributed by atoms with Gasteiger partial charge in [-0.05, 0) is 24.5 Å². The maximum absolute atomic E-state index is 6.43. The van der Waals surface area contributed by atoms with E-state index < -0.39 is 0 Å². The van der Waals surface area contributed by atoms with E-state index in [1.807, 2.05) is 6.07 Å². The highest BCUT2D eigenvalue weighted by Gasteiger charge is 2.33. The van der Waals surface area contributed by atoms with Gasteiger partial charge in [0.25, 0.3) is 0 Å². The van der Waals surface area contributed by atoms with Crippen LogP contribution in [0.25, 0.3) is 0 Å². The van der Waals surface area contributed by atoms with Gasteiger partial charge in [-0.2, -0.15) is 10.2 Å². The molecule has 0 amide bonds. The van der Waals surface area contributed by atoms with Gasteiger partial charge in [0.15, 0.2) is 0 Å². The lowest BCUT2D eigenvalue weighted by Gasteiger charge is -2.19. The molecule has 0 N–H and O–H groups in total. The summed E-state index contributed by atoms with van der Waals surface area (Å²) in [6.45, 7) is 0. The summed E-state index contributed by atoms with van der Waals surface area (Å²) >= 11 is 6.43. The first-order chi connectivity index (χ1) is 5.81. The van der Waals surface area contributed by atoms with E-state index in [1.165, 1.54) is 12.8 Å². The van der Waals surface area contributed by atoms with Crippen molar-refractivity contribution < 1.29 is 0 Å². The first-order valence-corrected chi connectivity index (χ1v) is 4.65. The molecule has 1 heterocycles. The summed E-state index contributed by atoms with van der Waals surface area (Å²) in [6.07, 6.45) is 8.08. The fourth-order valence-electron chi connectivity index (χ4n) is 1.78. The molecule has 0 atom stereocenters. The van der Waals surface area contributed by atoms with Gasteiger partial charge >= 0.3 is 0 Å². The van der Waals surface area contributed by atoms with Crippen molar-refractivity contribution in [1.29, 1.82) is 0 Å². The number of aromatic nitrogens is 2. The summed E-state index contributed by atoms with van der Waals surface area (Å²) in [5.74, 6) is 0. The SMILES string of the molecule is ClC1(c2ccnnc2)CCCC1. The molecular weight excluding hydrogens is 172 g/mol. The standard InChI is InChI=1S/C9H11ClN2/c10-9(4-1-2-5-9)8-3-6-11-12-7-8/h3,6-7H,1-2,4-5H2. The molecule has 0 aliphatic heterocycles. The van der Waals surface area contributed by atoms with E-state index in [4.69, 9.17) is 11.6 Å². The molecule has 0 spiro atoms. The first kappa shape index (κ1) is 7.99. The summed E-state index contributed by atoms with van der Waals surface area (Å²) in [4.78, 5) is -0.143. The van der Waals surface area contributed by atoms with Crippen LogP contribution >= 0.6 is 11.6 Å². The number of rotatable bonds is 1. The van der Waals surface area contributed by atoms with E-state index in [2.05, 4.69) is 10.2 Å². The summed E-state index contributed by atoms with van der Waals surface area (Å²) in [5.41, 5.74) is 1.12. The lowest BCUT2D eigenvalue weighted by Crippen LogP contribution is -2.13. The van der Waals surface area contributed by atoms with E-state index >= 15 is 0 Å². The molecule has 1 aliphatic rings. The largest absolute Gasteiger partial charge is 0.159 e. The van der Waals surface area contributed by atoms with Crippen molar-refractivity contribution in [2.24, 2.45) is 0 Å². The molecule has 1 fully saturated rings. The lowest BCUT2D eigenvalue weighted by molar-refractivity contribution is 0.631. The van der Waals surface area contributed by atoms with Crippen LogP contribution < -0.4 is 0 Å². The molecule has 2 nitrogen and oxygen atoms in total. The van der Waals surface area contributed by atoms with Gasteiger partial charge in [0.1, 0.15) is 0 Å². The molecule has 1 aliphatic carbocycles. The Labute approximate surface area is 77.0 Å². The van der Waals surface area contributed by atoms with Crippen molar-refractivity contribution in [3.8, 4) is 0 Å². The molecule has 1 aromatic heterocycles. The quantitative estimate of drug-likeness (QED) is 0.624. The van der Waals surface area contributed by atoms with Gasteiger partial charge in [-0.3, -0.25) is 0 Å². The van der Waals surface area contributed by atoms with Crippen LogP contribution in [0.15, 0.2) is 18.5 Å². The van der Waals surface area contributed by atoms with E-state index in [-0.39, 0.29) is 4.87 Å². The van der Waals surface area contributed by atoms with Crippen molar-refractivity contribution in [3.63, 3.8) is 0 Å². The Morgan fingerprint density at radius 2 is 2.00 bits per heavy atom. The Balaban J connectivity index is 2.29. The van der Waals surface area contributed by atoms with Crippen LogP contribution in [0, 0.1) is 0 Å². The summed E-state index contributed by atoms with van der Waals surface area (Å²) < 4.78 is 0. The molecule has 1 saturated carbocycles. The molecule has 64 valence electrons. The summed E-state index contributed by atoms with van der Waals surface area (Å²) in [7, 11) is 0. The normalized spacial score (nSPS) is 21.1. The Bertz CT molecular complexity index is 254. The Hall–Kier alpha value is -0.630. The molecule has 12 heavy (non-hydrogen) atoms. The Morgan fingerprint density at radius 1 is 1.25 bits per heavy atom. The zero-order valence-corrected chi connectivity index (χ0v) is 7.59. The molecule has 0 saturated heterocycles. The van der Waals surface area contributed by atoms with Crippen molar-refractivity contribution in [2.75, 3.05) is 0 Å². The van der Waals surface area contributed by atoms with Gasteiger partial charge in [-0.1, -0.05) is 12.8 Å². The Morgan fingerprint density at radius 3 is 2.58 bits per heavy atom. The van der Waals surface area contributed by atoms with Gasteiger partial charge in [0.05, 0.1) is 11.1 Å². The smallest absolute Gasteiger partial charge is 0.0711 e. The van der Waals surface area contributed by atoms with Crippen LogP contribution in [0.2, 0.25) is 0 Å². The second-order valence-electron chi connectivity index (χ2n) is 3.30. The molecule has 3 heteroatoms. The molecule has 0 aromatic carbocycles. The van der Waals surface area contributed by atoms with Gasteiger partial charge in [0, 0.05) is 6.20 Å². The summed E-state index contributed by atoms with van der Waals surface area (Å²) in [5, 5.41) is 7.58. The van der Waals surface area contributed by atoms with E-state index in [0.717, 1.165) is 18.4 Å². The predicted octanol–water partition coefficient (Wildman–Crippen LogP) is 2.48. The number of hydrogen-bond acceptors (Lipinski definition) is 2. The molecular formula is C9H11ClN2. The maximum atomic E-state index is 6.43. The Kier molecular flexibility index (Phi) is 2.01. The average molecular weight is 183 g/mol. The number of alkyl halides is 1. The average Bonchev–Trinajstić information content (AvgIpc) is 2.55. The number of hydrogen-bond donors (Lipinski definition) is 0. The van der Waals surface area contributed by atoms with Crippen LogP contribution in [0.3, 0.4) is 0 Å². The second-order valence-corrected chi connectivity index (χ2v) is 4.03. The lowest BCUT2D eigenvalue weighted by atomic mass is 9.99. The number of nitrogens with zero attached hydrogens (tertiary/aromatic N) is 2. The minimum absolute atomic E-state index is 0.143. The van der Waals surface area contributed by atoms with Gasteiger partial charge in [0.2, 0.25) is 0 Å². The zero-order valence-electron chi connectivity index (χ0n) is 6.83. The maximum Gasteiger partial charge on any atom is 0.0711 e.